The molecular weight excluding hydrogens is 254 g/mol. The van der Waals surface area contributed by atoms with Crippen molar-refractivity contribution in [1.82, 2.24) is 19.7 Å². The Morgan fingerprint density at radius 3 is 3.10 bits per heavy atom. The summed E-state index contributed by atoms with van der Waals surface area (Å²) in [6.07, 6.45) is 5.86. The predicted molar refractivity (Wildman–Crippen MR) is 74.8 cm³/mol. The Morgan fingerprint density at radius 2 is 2.30 bits per heavy atom. The molecule has 2 rings (SSSR count). The van der Waals surface area contributed by atoms with E-state index in [0.717, 1.165) is 24.4 Å². The summed E-state index contributed by atoms with van der Waals surface area (Å²) in [6.45, 7) is 3.61. The molecule has 0 saturated carbocycles. The first-order valence-electron chi connectivity index (χ1n) is 6.47. The minimum Gasteiger partial charge on any atom is -0.484 e. The number of nitrogens with zero attached hydrogens (tertiary/aromatic N) is 4. The van der Waals surface area contributed by atoms with Crippen LogP contribution in [0.4, 0.5) is 0 Å². The molecule has 0 spiro atoms. The molecule has 6 nitrogen and oxygen atoms in total. The molecule has 0 fully saturated rings. The number of hydrogen-bond acceptors (Lipinski definition) is 5. The Bertz CT molecular complexity index is 611. The average molecular weight is 271 g/mol. The van der Waals surface area contributed by atoms with Gasteiger partial charge in [-0.05, 0) is 12.5 Å². The first-order chi connectivity index (χ1) is 9.83. The number of aromatic nitrogens is 4. The minimum atomic E-state index is 0.325. The van der Waals surface area contributed by atoms with E-state index in [-0.39, 0.29) is 0 Å². The molecule has 6 heteroatoms. The molecule has 2 aromatic heterocycles. The largest absolute Gasteiger partial charge is 0.484 e. The van der Waals surface area contributed by atoms with Crippen molar-refractivity contribution < 1.29 is 4.74 Å². The van der Waals surface area contributed by atoms with Crippen molar-refractivity contribution in [3.8, 4) is 17.6 Å². The lowest BCUT2D eigenvalue weighted by molar-refractivity contribution is 0.285. The molecule has 0 saturated heterocycles. The van der Waals surface area contributed by atoms with E-state index >= 15 is 0 Å². The summed E-state index contributed by atoms with van der Waals surface area (Å²) in [7, 11) is 0. The maximum atomic E-state index is 5.67. The SMILES string of the molecule is CCCn1ncnc1COc1cncc(C#CCN)c1. The molecule has 0 radical (unpaired) electrons. The lowest BCUT2D eigenvalue weighted by Gasteiger charge is -2.07. The van der Waals surface area contributed by atoms with Gasteiger partial charge >= 0.3 is 0 Å². The van der Waals surface area contributed by atoms with E-state index in [0.29, 0.717) is 18.9 Å². The van der Waals surface area contributed by atoms with E-state index in [4.69, 9.17) is 10.5 Å². The van der Waals surface area contributed by atoms with Gasteiger partial charge in [-0.1, -0.05) is 18.8 Å². The molecule has 2 N–H and O–H groups in total. The summed E-state index contributed by atoms with van der Waals surface area (Å²) in [5.41, 5.74) is 6.12. The molecular formula is C14H17N5O. The Hall–Kier alpha value is -2.39. The average Bonchev–Trinajstić information content (AvgIpc) is 2.91. The summed E-state index contributed by atoms with van der Waals surface area (Å²) in [5.74, 6) is 7.15. The van der Waals surface area contributed by atoms with E-state index in [9.17, 15) is 0 Å². The molecule has 20 heavy (non-hydrogen) atoms. The normalized spacial score (nSPS) is 9.90. The van der Waals surface area contributed by atoms with Crippen LogP contribution in [0.3, 0.4) is 0 Å². The van der Waals surface area contributed by atoms with Crippen molar-refractivity contribution >= 4 is 0 Å². The number of nitrogens with two attached hydrogens (primary N) is 1. The number of rotatable bonds is 5. The second-order valence-electron chi connectivity index (χ2n) is 4.10. The van der Waals surface area contributed by atoms with Crippen molar-refractivity contribution in [2.45, 2.75) is 26.5 Å². The second kappa shape index (κ2) is 7.26. The topological polar surface area (TPSA) is 78.8 Å². The first-order valence-corrected chi connectivity index (χ1v) is 6.47. The molecule has 104 valence electrons. The van der Waals surface area contributed by atoms with Gasteiger partial charge in [0.05, 0.1) is 12.7 Å². The highest BCUT2D eigenvalue weighted by Gasteiger charge is 2.04. The quantitative estimate of drug-likeness (QED) is 0.820. The highest BCUT2D eigenvalue weighted by atomic mass is 16.5. The van der Waals surface area contributed by atoms with Crippen LogP contribution in [0.1, 0.15) is 24.7 Å². The van der Waals surface area contributed by atoms with E-state index in [1.165, 1.54) is 6.33 Å². The molecule has 2 heterocycles. The van der Waals surface area contributed by atoms with Crippen molar-refractivity contribution in [1.29, 1.82) is 0 Å². The van der Waals surface area contributed by atoms with Gasteiger partial charge in [0.15, 0.2) is 5.82 Å². The van der Waals surface area contributed by atoms with Gasteiger partial charge in [-0.25, -0.2) is 9.67 Å². The van der Waals surface area contributed by atoms with Crippen LogP contribution in [0.25, 0.3) is 0 Å². The third-order valence-electron chi connectivity index (χ3n) is 2.55. The van der Waals surface area contributed by atoms with Crippen LogP contribution in [0, 0.1) is 11.8 Å². The molecule has 0 aromatic carbocycles. The Kier molecular flexibility index (Phi) is 5.09. The van der Waals surface area contributed by atoms with Gasteiger partial charge in [-0.3, -0.25) is 4.98 Å². The van der Waals surface area contributed by atoms with E-state index in [1.807, 2.05) is 10.7 Å². The Morgan fingerprint density at radius 1 is 1.40 bits per heavy atom. The monoisotopic (exact) mass is 271 g/mol. The van der Waals surface area contributed by atoms with Crippen LogP contribution >= 0.6 is 0 Å². The maximum absolute atomic E-state index is 5.67. The molecule has 0 amide bonds. The van der Waals surface area contributed by atoms with Gasteiger partial charge in [0.25, 0.3) is 0 Å². The van der Waals surface area contributed by atoms with Gasteiger partial charge in [0.1, 0.15) is 18.7 Å². The van der Waals surface area contributed by atoms with Crippen LogP contribution in [0.5, 0.6) is 5.75 Å². The van der Waals surface area contributed by atoms with Crippen LogP contribution < -0.4 is 10.5 Å². The summed E-state index contributed by atoms with van der Waals surface area (Å²) >= 11 is 0. The van der Waals surface area contributed by atoms with Crippen LogP contribution in [0.15, 0.2) is 24.8 Å². The van der Waals surface area contributed by atoms with E-state index in [1.54, 1.807) is 12.4 Å². The molecule has 0 aliphatic rings. The molecule has 0 atom stereocenters. The molecule has 0 bridgehead atoms. The molecule has 2 aromatic rings. The lowest BCUT2D eigenvalue weighted by Crippen LogP contribution is -2.08. The smallest absolute Gasteiger partial charge is 0.164 e. The van der Waals surface area contributed by atoms with Crippen molar-refractivity contribution in [3.05, 3.63) is 36.2 Å². The predicted octanol–water partition coefficient (Wildman–Crippen LogP) is 0.972. The summed E-state index contributed by atoms with van der Waals surface area (Å²) in [4.78, 5) is 8.27. The van der Waals surface area contributed by atoms with Crippen molar-refractivity contribution in [2.75, 3.05) is 6.54 Å². The fraction of sp³-hybridized carbons (Fsp3) is 0.357. The minimum absolute atomic E-state index is 0.325. The van der Waals surface area contributed by atoms with Crippen molar-refractivity contribution in [3.63, 3.8) is 0 Å². The molecule has 0 aliphatic heterocycles. The van der Waals surface area contributed by atoms with Gasteiger partial charge in [0.2, 0.25) is 0 Å². The van der Waals surface area contributed by atoms with E-state index in [2.05, 4.69) is 33.8 Å². The summed E-state index contributed by atoms with van der Waals surface area (Å²) < 4.78 is 7.51. The standard InChI is InChI=1S/C14H17N5O/c1-2-6-19-14(17-11-18-19)10-20-13-7-12(4-3-5-15)8-16-9-13/h7-9,11H,2,5-6,10,15H2,1H3. The van der Waals surface area contributed by atoms with Gasteiger partial charge < -0.3 is 10.5 Å². The fourth-order valence-corrected chi connectivity index (χ4v) is 1.67. The van der Waals surface area contributed by atoms with Crippen LogP contribution in [-0.4, -0.2) is 26.3 Å². The third-order valence-corrected chi connectivity index (χ3v) is 2.55. The van der Waals surface area contributed by atoms with Crippen molar-refractivity contribution in [2.24, 2.45) is 5.73 Å². The first kappa shape index (κ1) is 14.0. The zero-order valence-electron chi connectivity index (χ0n) is 11.4. The van der Waals surface area contributed by atoms with Gasteiger partial charge in [0, 0.05) is 18.3 Å². The van der Waals surface area contributed by atoms with E-state index < -0.39 is 0 Å². The second-order valence-corrected chi connectivity index (χ2v) is 4.10. The lowest BCUT2D eigenvalue weighted by atomic mass is 10.3. The molecule has 0 aliphatic carbocycles. The van der Waals surface area contributed by atoms with Crippen LogP contribution in [0.2, 0.25) is 0 Å². The van der Waals surface area contributed by atoms with Gasteiger partial charge in [-0.2, -0.15) is 5.10 Å². The highest BCUT2D eigenvalue weighted by Crippen LogP contribution is 2.12. The maximum Gasteiger partial charge on any atom is 0.164 e. The number of ether oxygens (including phenoxy) is 1. The third kappa shape index (κ3) is 3.80. The molecule has 0 unspecified atom stereocenters. The number of pyridine rings is 1. The zero-order valence-corrected chi connectivity index (χ0v) is 11.4. The highest BCUT2D eigenvalue weighted by molar-refractivity contribution is 5.36. The van der Waals surface area contributed by atoms with Crippen LogP contribution in [-0.2, 0) is 13.2 Å². The summed E-state index contributed by atoms with van der Waals surface area (Å²) in [6, 6.07) is 1.83. The Labute approximate surface area is 118 Å². The number of aryl methyl sites for hydroxylation is 1. The fourth-order valence-electron chi connectivity index (χ4n) is 1.67. The number of hydrogen-bond donors (Lipinski definition) is 1. The summed E-state index contributed by atoms with van der Waals surface area (Å²) in [5, 5.41) is 4.15. The Balaban J connectivity index is 2.01. The zero-order chi connectivity index (χ0) is 14.2. The van der Waals surface area contributed by atoms with Gasteiger partial charge in [-0.15, -0.1) is 0 Å².